The van der Waals surface area contributed by atoms with Crippen molar-refractivity contribution in [2.45, 2.75) is 6.18 Å². The van der Waals surface area contributed by atoms with Gasteiger partial charge in [-0.2, -0.15) is 18.3 Å². The number of fused-ring (bicyclic) bond motifs is 3. The van der Waals surface area contributed by atoms with Gasteiger partial charge in [0.1, 0.15) is 28.4 Å². The van der Waals surface area contributed by atoms with Gasteiger partial charge in [-0.15, -0.1) is 5.11 Å². The quantitative estimate of drug-likeness (QED) is 0.398. The number of phenols is 2. The molecular weight excluding hydrogens is 361 g/mol. The van der Waals surface area contributed by atoms with Gasteiger partial charge in [0.25, 0.3) is 0 Å². The highest BCUT2D eigenvalue weighted by atomic mass is 19.4. The molecule has 0 saturated heterocycles. The van der Waals surface area contributed by atoms with Gasteiger partial charge < -0.3 is 14.6 Å². The van der Waals surface area contributed by atoms with Gasteiger partial charge in [0.15, 0.2) is 0 Å². The van der Waals surface area contributed by atoms with Gasteiger partial charge in [-0.05, 0) is 48.5 Å². The van der Waals surface area contributed by atoms with Gasteiger partial charge >= 0.3 is 6.18 Å². The summed E-state index contributed by atoms with van der Waals surface area (Å²) in [6.45, 7) is 0. The van der Waals surface area contributed by atoms with E-state index in [-0.39, 0.29) is 22.9 Å². The van der Waals surface area contributed by atoms with Crippen molar-refractivity contribution in [2.24, 2.45) is 10.2 Å². The van der Waals surface area contributed by atoms with Crippen molar-refractivity contribution < 1.29 is 27.8 Å². The fourth-order valence-electron chi connectivity index (χ4n) is 2.78. The molecule has 0 aliphatic carbocycles. The lowest BCUT2D eigenvalue weighted by Crippen LogP contribution is -2.03. The van der Waals surface area contributed by atoms with Crippen LogP contribution in [0.15, 0.2) is 69.2 Å². The molecule has 0 fully saturated rings. The highest BCUT2D eigenvalue weighted by Gasteiger charge is 2.30. The first kappa shape index (κ1) is 16.9. The summed E-state index contributed by atoms with van der Waals surface area (Å²) in [5, 5.41) is 28.6. The zero-order valence-corrected chi connectivity index (χ0v) is 13.5. The van der Waals surface area contributed by atoms with E-state index in [1.165, 1.54) is 36.4 Å². The molecule has 0 radical (unpaired) electrons. The van der Waals surface area contributed by atoms with Gasteiger partial charge in [-0.1, -0.05) is 6.07 Å². The Labute approximate surface area is 150 Å². The van der Waals surface area contributed by atoms with Crippen LogP contribution in [0.3, 0.4) is 0 Å². The minimum absolute atomic E-state index is 0.00527. The van der Waals surface area contributed by atoms with Gasteiger partial charge in [-0.25, -0.2) is 0 Å². The van der Waals surface area contributed by atoms with E-state index in [0.717, 1.165) is 12.1 Å². The van der Waals surface area contributed by atoms with E-state index >= 15 is 0 Å². The van der Waals surface area contributed by atoms with Gasteiger partial charge in [0, 0.05) is 5.39 Å². The lowest BCUT2D eigenvalue weighted by Gasteiger charge is -2.06. The summed E-state index contributed by atoms with van der Waals surface area (Å²) in [6, 6.07) is 11.7. The summed E-state index contributed by atoms with van der Waals surface area (Å²) in [4.78, 5) is 0. The Bertz CT molecular complexity index is 1200. The Morgan fingerprint density at radius 2 is 1.63 bits per heavy atom. The van der Waals surface area contributed by atoms with E-state index in [1.807, 2.05) is 0 Å². The number of nitrogens with zero attached hydrogens (tertiary/aromatic N) is 2. The topological polar surface area (TPSA) is 78.3 Å². The van der Waals surface area contributed by atoms with Crippen LogP contribution in [-0.2, 0) is 6.18 Å². The fourth-order valence-corrected chi connectivity index (χ4v) is 2.78. The Morgan fingerprint density at radius 3 is 2.41 bits per heavy atom. The number of phenolic OH excluding ortho intramolecular Hbond substituents is 2. The summed E-state index contributed by atoms with van der Waals surface area (Å²) in [5.41, 5.74) is 0.0292. The van der Waals surface area contributed by atoms with E-state index in [4.69, 9.17) is 4.42 Å². The lowest BCUT2D eigenvalue weighted by molar-refractivity contribution is -0.137. The highest BCUT2D eigenvalue weighted by molar-refractivity contribution is 6.12. The number of halogens is 3. The van der Waals surface area contributed by atoms with Crippen molar-refractivity contribution in [1.29, 1.82) is 0 Å². The highest BCUT2D eigenvalue weighted by Crippen LogP contribution is 2.42. The van der Waals surface area contributed by atoms with Crippen LogP contribution >= 0.6 is 0 Å². The van der Waals surface area contributed by atoms with Gasteiger partial charge in [0.2, 0.25) is 0 Å². The van der Waals surface area contributed by atoms with Crippen LogP contribution in [0.1, 0.15) is 5.56 Å². The Hall–Kier alpha value is -3.55. The van der Waals surface area contributed by atoms with Crippen LogP contribution in [0, 0.1) is 0 Å². The number of furan rings is 1. The Kier molecular flexibility index (Phi) is 3.76. The average Bonchev–Trinajstić information content (AvgIpc) is 2.98. The molecule has 5 nitrogen and oxygen atoms in total. The van der Waals surface area contributed by atoms with E-state index in [9.17, 15) is 23.4 Å². The molecule has 0 aliphatic rings. The van der Waals surface area contributed by atoms with Crippen LogP contribution in [0.25, 0.3) is 21.9 Å². The fraction of sp³-hybridized carbons (Fsp3) is 0.0526. The second-order valence-corrected chi connectivity index (χ2v) is 5.84. The number of rotatable bonds is 2. The van der Waals surface area contributed by atoms with Crippen molar-refractivity contribution in [3.8, 4) is 11.5 Å². The second kappa shape index (κ2) is 6.01. The summed E-state index contributed by atoms with van der Waals surface area (Å²) in [6.07, 6.45) is -4.49. The summed E-state index contributed by atoms with van der Waals surface area (Å²) >= 11 is 0. The molecule has 136 valence electrons. The lowest BCUT2D eigenvalue weighted by atomic mass is 10.1. The number of aromatic hydroxyl groups is 2. The number of benzene rings is 3. The van der Waals surface area contributed by atoms with Crippen molar-refractivity contribution in [3.05, 3.63) is 60.2 Å². The second-order valence-electron chi connectivity index (χ2n) is 5.84. The molecule has 4 aromatic rings. The van der Waals surface area contributed by atoms with E-state index < -0.39 is 11.7 Å². The third-order valence-corrected chi connectivity index (χ3v) is 4.01. The van der Waals surface area contributed by atoms with Crippen molar-refractivity contribution >= 4 is 33.3 Å². The van der Waals surface area contributed by atoms with Crippen LogP contribution in [0.5, 0.6) is 11.5 Å². The number of azo groups is 1. The molecule has 0 saturated carbocycles. The van der Waals surface area contributed by atoms with E-state index in [0.29, 0.717) is 21.9 Å². The van der Waals surface area contributed by atoms with Crippen LogP contribution in [0.2, 0.25) is 0 Å². The molecule has 0 bridgehead atoms. The molecule has 1 heterocycles. The number of alkyl halides is 3. The first-order valence-electron chi connectivity index (χ1n) is 7.79. The molecule has 4 rings (SSSR count). The SMILES string of the molecule is Oc1ccc2oc3ccc(O)c(N=Nc4cccc(C(F)(F)F)c4)c3c2c1. The number of hydrogen-bond donors (Lipinski definition) is 2. The molecule has 0 spiro atoms. The molecule has 0 unspecified atom stereocenters. The maximum Gasteiger partial charge on any atom is 0.416 e. The van der Waals surface area contributed by atoms with E-state index in [2.05, 4.69) is 10.2 Å². The van der Waals surface area contributed by atoms with Crippen molar-refractivity contribution in [1.82, 2.24) is 0 Å². The van der Waals surface area contributed by atoms with E-state index in [1.54, 1.807) is 6.07 Å². The largest absolute Gasteiger partial charge is 0.508 e. The third-order valence-electron chi connectivity index (χ3n) is 4.01. The predicted molar refractivity (Wildman–Crippen MR) is 92.7 cm³/mol. The summed E-state index contributed by atoms with van der Waals surface area (Å²) < 4.78 is 44.1. The molecule has 8 heteroatoms. The standard InChI is InChI=1S/C19H11F3N2O3/c20-19(21,22)10-2-1-3-11(8-10)23-24-18-14(26)5-7-16-17(18)13-9-12(25)4-6-15(13)27-16/h1-9,25-26H. The maximum absolute atomic E-state index is 12.8. The molecule has 1 aromatic heterocycles. The average molecular weight is 372 g/mol. The molecule has 0 aliphatic heterocycles. The molecular formula is C19H11F3N2O3. The molecule has 3 aromatic carbocycles. The predicted octanol–water partition coefficient (Wildman–Crippen LogP) is 6.43. The zero-order chi connectivity index (χ0) is 19.2. The first-order chi connectivity index (χ1) is 12.8. The summed E-state index contributed by atoms with van der Waals surface area (Å²) in [5.74, 6) is -0.224. The molecule has 2 N–H and O–H groups in total. The van der Waals surface area contributed by atoms with Crippen molar-refractivity contribution in [2.75, 3.05) is 0 Å². The minimum Gasteiger partial charge on any atom is -0.508 e. The minimum atomic E-state index is -4.49. The summed E-state index contributed by atoms with van der Waals surface area (Å²) in [7, 11) is 0. The molecule has 27 heavy (non-hydrogen) atoms. The third kappa shape index (κ3) is 3.05. The normalized spacial score (nSPS) is 12.4. The monoisotopic (exact) mass is 372 g/mol. The zero-order valence-electron chi connectivity index (χ0n) is 13.5. The Morgan fingerprint density at radius 1 is 0.852 bits per heavy atom. The molecule has 0 atom stereocenters. The maximum atomic E-state index is 12.8. The van der Waals surface area contributed by atoms with Crippen LogP contribution in [-0.4, -0.2) is 10.2 Å². The van der Waals surface area contributed by atoms with Crippen LogP contribution < -0.4 is 0 Å². The smallest absolute Gasteiger partial charge is 0.416 e. The number of hydrogen-bond acceptors (Lipinski definition) is 5. The first-order valence-corrected chi connectivity index (χ1v) is 7.79. The van der Waals surface area contributed by atoms with Crippen LogP contribution in [0.4, 0.5) is 24.5 Å². The molecule has 0 amide bonds. The van der Waals surface area contributed by atoms with Gasteiger partial charge in [0.05, 0.1) is 16.6 Å². The van der Waals surface area contributed by atoms with Gasteiger partial charge in [-0.3, -0.25) is 0 Å². The van der Waals surface area contributed by atoms with Crippen molar-refractivity contribution in [3.63, 3.8) is 0 Å². The Balaban J connectivity index is 1.87.